The van der Waals surface area contributed by atoms with Crippen molar-refractivity contribution in [1.82, 2.24) is 14.0 Å². The molecule has 3 aromatic rings. The number of aryl methyl sites for hydroxylation is 1. The molecule has 2 heterocycles. The summed E-state index contributed by atoms with van der Waals surface area (Å²) >= 11 is 5.90. The Morgan fingerprint density at radius 3 is 2.52 bits per heavy atom. The largest absolute Gasteiger partial charge is 0.459 e. The number of furan rings is 1. The molecular weight excluding hydrogens is 394 g/mol. The van der Waals surface area contributed by atoms with Gasteiger partial charge in [-0.15, -0.1) is 0 Å². The third-order valence-corrected chi connectivity index (χ3v) is 4.69. The Hall–Kier alpha value is -3.32. The summed E-state index contributed by atoms with van der Waals surface area (Å²) in [5.41, 5.74) is 0.253. The van der Waals surface area contributed by atoms with Crippen molar-refractivity contribution in [3.05, 3.63) is 85.9 Å². The lowest BCUT2D eigenvalue weighted by Gasteiger charge is -2.13. The first-order valence-electron chi connectivity index (χ1n) is 8.81. The van der Waals surface area contributed by atoms with Gasteiger partial charge in [0.2, 0.25) is 5.91 Å². The van der Waals surface area contributed by atoms with Crippen LogP contribution in [0.25, 0.3) is 17.4 Å². The van der Waals surface area contributed by atoms with Crippen LogP contribution in [0.15, 0.2) is 62.7 Å². The van der Waals surface area contributed by atoms with Crippen molar-refractivity contribution in [2.75, 3.05) is 7.05 Å². The second kappa shape index (κ2) is 8.36. The number of benzene rings is 1. The van der Waals surface area contributed by atoms with Gasteiger partial charge in [0.05, 0.1) is 12.1 Å². The Kier molecular flexibility index (Phi) is 5.89. The monoisotopic (exact) mass is 413 g/mol. The summed E-state index contributed by atoms with van der Waals surface area (Å²) < 4.78 is 8.09. The van der Waals surface area contributed by atoms with Crippen molar-refractivity contribution >= 4 is 23.6 Å². The molecule has 0 unspecified atom stereocenters. The topological polar surface area (TPSA) is 77.5 Å². The number of aromatic nitrogens is 2. The second-order valence-electron chi connectivity index (χ2n) is 6.64. The zero-order valence-corrected chi connectivity index (χ0v) is 17.0. The SMILES string of the molecule is CN(Cc1ccc(-c2ccc(Cl)cc2)o1)C(=O)C=Cc1cn(C)c(=O)n(C)c1=O. The normalized spacial score (nSPS) is 11.2. The summed E-state index contributed by atoms with van der Waals surface area (Å²) in [4.78, 5) is 37.7. The van der Waals surface area contributed by atoms with Gasteiger partial charge in [-0.1, -0.05) is 11.6 Å². The fraction of sp³-hybridized carbons (Fsp3) is 0.190. The van der Waals surface area contributed by atoms with E-state index >= 15 is 0 Å². The number of halogens is 1. The van der Waals surface area contributed by atoms with E-state index in [0.29, 0.717) is 16.5 Å². The summed E-state index contributed by atoms with van der Waals surface area (Å²) in [5, 5.41) is 0.644. The van der Waals surface area contributed by atoms with E-state index in [4.69, 9.17) is 16.0 Å². The quantitative estimate of drug-likeness (QED) is 0.602. The van der Waals surface area contributed by atoms with Crippen LogP contribution in [-0.4, -0.2) is 27.0 Å². The summed E-state index contributed by atoms with van der Waals surface area (Å²) in [7, 11) is 4.57. The first-order valence-corrected chi connectivity index (χ1v) is 9.18. The molecule has 0 atom stereocenters. The predicted molar refractivity (Wildman–Crippen MR) is 112 cm³/mol. The smallest absolute Gasteiger partial charge is 0.330 e. The molecule has 0 spiro atoms. The standard InChI is InChI=1S/C21H20ClN3O4/c1-23(13-17-9-10-18(29-17)14-4-7-16(22)8-5-14)19(26)11-6-15-12-24(2)21(28)25(3)20(15)27/h4-12H,13H2,1-3H3. The molecule has 29 heavy (non-hydrogen) atoms. The van der Waals surface area contributed by atoms with E-state index in [-0.39, 0.29) is 18.0 Å². The van der Waals surface area contributed by atoms with E-state index in [1.54, 1.807) is 32.3 Å². The lowest BCUT2D eigenvalue weighted by atomic mass is 10.2. The molecule has 0 N–H and O–H groups in total. The number of carbonyl (C=O) groups is 1. The van der Waals surface area contributed by atoms with E-state index in [1.807, 2.05) is 18.2 Å². The molecule has 0 aliphatic rings. The van der Waals surface area contributed by atoms with Crippen LogP contribution >= 0.6 is 11.6 Å². The highest BCUT2D eigenvalue weighted by molar-refractivity contribution is 6.30. The lowest BCUT2D eigenvalue weighted by Crippen LogP contribution is -2.37. The van der Waals surface area contributed by atoms with Crippen LogP contribution in [0, 0.1) is 0 Å². The van der Waals surface area contributed by atoms with E-state index in [1.165, 1.54) is 34.9 Å². The molecule has 3 rings (SSSR count). The molecule has 0 fully saturated rings. The van der Waals surface area contributed by atoms with Crippen LogP contribution in [0.2, 0.25) is 5.02 Å². The molecule has 0 saturated carbocycles. The molecule has 1 amide bonds. The minimum atomic E-state index is -0.460. The molecule has 0 aliphatic carbocycles. The van der Waals surface area contributed by atoms with E-state index < -0.39 is 11.2 Å². The van der Waals surface area contributed by atoms with Crippen LogP contribution in [0.4, 0.5) is 0 Å². The van der Waals surface area contributed by atoms with Crippen LogP contribution in [0.5, 0.6) is 0 Å². The maximum absolute atomic E-state index is 12.4. The minimum Gasteiger partial charge on any atom is -0.459 e. The highest BCUT2D eigenvalue weighted by atomic mass is 35.5. The molecule has 1 aromatic carbocycles. The number of hydrogen-bond acceptors (Lipinski definition) is 4. The van der Waals surface area contributed by atoms with Gasteiger partial charge < -0.3 is 13.9 Å². The average Bonchev–Trinajstić information content (AvgIpc) is 3.16. The van der Waals surface area contributed by atoms with E-state index in [2.05, 4.69) is 0 Å². The van der Waals surface area contributed by atoms with E-state index in [0.717, 1.165) is 10.1 Å². The number of carbonyl (C=O) groups excluding carboxylic acids is 1. The number of nitrogens with zero attached hydrogens (tertiary/aromatic N) is 3. The maximum atomic E-state index is 12.4. The Labute approximate surface area is 172 Å². The van der Waals surface area contributed by atoms with Gasteiger partial charge in [0, 0.05) is 44.0 Å². The van der Waals surface area contributed by atoms with Crippen LogP contribution in [-0.2, 0) is 25.4 Å². The van der Waals surface area contributed by atoms with Crippen LogP contribution < -0.4 is 11.2 Å². The fourth-order valence-corrected chi connectivity index (χ4v) is 2.91. The van der Waals surface area contributed by atoms with Crippen molar-refractivity contribution in [2.45, 2.75) is 6.54 Å². The highest BCUT2D eigenvalue weighted by Crippen LogP contribution is 2.24. The summed E-state index contributed by atoms with van der Waals surface area (Å²) in [5.74, 6) is 1.00. The maximum Gasteiger partial charge on any atom is 0.330 e. The van der Waals surface area contributed by atoms with Gasteiger partial charge in [-0.05, 0) is 42.5 Å². The number of likely N-dealkylation sites (N-methyl/N-ethyl adjacent to an activating group) is 1. The van der Waals surface area contributed by atoms with Gasteiger partial charge in [-0.3, -0.25) is 14.2 Å². The molecular formula is C21H20ClN3O4. The zero-order chi connectivity index (χ0) is 21.1. The van der Waals surface area contributed by atoms with Gasteiger partial charge in [0.1, 0.15) is 11.5 Å². The van der Waals surface area contributed by atoms with Gasteiger partial charge in [-0.2, -0.15) is 0 Å². The van der Waals surface area contributed by atoms with Crippen LogP contribution in [0.3, 0.4) is 0 Å². The van der Waals surface area contributed by atoms with Gasteiger partial charge in [-0.25, -0.2) is 4.79 Å². The highest BCUT2D eigenvalue weighted by Gasteiger charge is 2.11. The molecule has 150 valence electrons. The predicted octanol–water partition coefficient (Wildman–Crippen LogP) is 2.67. The van der Waals surface area contributed by atoms with Gasteiger partial charge in [0.15, 0.2) is 0 Å². The first kappa shape index (κ1) is 20.4. The average molecular weight is 414 g/mol. The van der Waals surface area contributed by atoms with Crippen molar-refractivity contribution < 1.29 is 9.21 Å². The first-order chi connectivity index (χ1) is 13.8. The molecule has 0 saturated heterocycles. The fourth-order valence-electron chi connectivity index (χ4n) is 2.78. The number of hydrogen-bond donors (Lipinski definition) is 0. The second-order valence-corrected chi connectivity index (χ2v) is 7.08. The Morgan fingerprint density at radius 1 is 1.14 bits per heavy atom. The number of rotatable bonds is 5. The van der Waals surface area contributed by atoms with E-state index in [9.17, 15) is 14.4 Å². The van der Waals surface area contributed by atoms with Crippen LogP contribution in [0.1, 0.15) is 11.3 Å². The van der Waals surface area contributed by atoms with Crippen molar-refractivity contribution in [3.8, 4) is 11.3 Å². The summed E-state index contributed by atoms with van der Waals surface area (Å²) in [6, 6.07) is 10.9. The van der Waals surface area contributed by atoms with Gasteiger partial charge in [0.25, 0.3) is 5.56 Å². The Morgan fingerprint density at radius 2 is 1.83 bits per heavy atom. The third-order valence-electron chi connectivity index (χ3n) is 4.44. The molecule has 8 heteroatoms. The third kappa shape index (κ3) is 4.57. The summed E-state index contributed by atoms with van der Waals surface area (Å²) in [6.45, 7) is 0.266. The molecule has 0 radical (unpaired) electrons. The summed E-state index contributed by atoms with van der Waals surface area (Å²) in [6.07, 6.45) is 4.10. The lowest BCUT2D eigenvalue weighted by molar-refractivity contribution is -0.125. The van der Waals surface area contributed by atoms with Crippen molar-refractivity contribution in [1.29, 1.82) is 0 Å². The molecule has 7 nitrogen and oxygen atoms in total. The number of amides is 1. The van der Waals surface area contributed by atoms with Crippen molar-refractivity contribution in [2.24, 2.45) is 14.1 Å². The Balaban J connectivity index is 1.70. The van der Waals surface area contributed by atoms with Gasteiger partial charge >= 0.3 is 5.69 Å². The molecule has 0 aliphatic heterocycles. The molecule has 2 aromatic heterocycles. The Bertz CT molecular complexity index is 1190. The zero-order valence-electron chi connectivity index (χ0n) is 16.3. The van der Waals surface area contributed by atoms with Crippen molar-refractivity contribution in [3.63, 3.8) is 0 Å². The molecule has 0 bridgehead atoms. The minimum absolute atomic E-state index is 0.249.